The summed E-state index contributed by atoms with van der Waals surface area (Å²) in [4.78, 5) is 0. The number of ether oxygens (including phenoxy) is 3. The number of benzene rings is 2. The van der Waals surface area contributed by atoms with Gasteiger partial charge in [0.2, 0.25) is 0 Å². The molecule has 2 aromatic rings. The van der Waals surface area contributed by atoms with Crippen LogP contribution in [0.1, 0.15) is 43.4 Å². The molecule has 0 saturated heterocycles. The Balaban J connectivity index is 1.97. The van der Waals surface area contributed by atoms with Crippen LogP contribution in [0.2, 0.25) is 0 Å². The van der Waals surface area contributed by atoms with Gasteiger partial charge < -0.3 is 19.9 Å². The van der Waals surface area contributed by atoms with Crippen molar-refractivity contribution in [3.63, 3.8) is 0 Å². The SMILES string of the molecule is CCOc1cc(CN)ccc1OCCOc1cc(C)ccc1C(C)C. The van der Waals surface area contributed by atoms with E-state index >= 15 is 0 Å². The van der Waals surface area contributed by atoms with Crippen LogP contribution < -0.4 is 19.9 Å². The third-order valence-corrected chi connectivity index (χ3v) is 3.93. The molecule has 0 heterocycles. The summed E-state index contributed by atoms with van der Waals surface area (Å²) in [6.45, 7) is 10.4. The lowest BCUT2D eigenvalue weighted by atomic mass is 10.0. The predicted molar refractivity (Wildman–Crippen MR) is 102 cm³/mol. The molecule has 4 nitrogen and oxygen atoms in total. The smallest absolute Gasteiger partial charge is 0.161 e. The molecule has 4 heteroatoms. The van der Waals surface area contributed by atoms with Crippen LogP contribution in [-0.4, -0.2) is 19.8 Å². The maximum Gasteiger partial charge on any atom is 0.161 e. The van der Waals surface area contributed by atoms with Gasteiger partial charge in [-0.3, -0.25) is 0 Å². The first kappa shape index (κ1) is 19.1. The van der Waals surface area contributed by atoms with Gasteiger partial charge in [-0.05, 0) is 54.7 Å². The zero-order chi connectivity index (χ0) is 18.2. The molecule has 0 spiro atoms. The monoisotopic (exact) mass is 343 g/mol. The Kier molecular flexibility index (Phi) is 7.14. The fourth-order valence-corrected chi connectivity index (χ4v) is 2.61. The minimum atomic E-state index is 0.421. The van der Waals surface area contributed by atoms with Crippen molar-refractivity contribution in [2.75, 3.05) is 19.8 Å². The van der Waals surface area contributed by atoms with Crippen LogP contribution in [0, 0.1) is 6.92 Å². The molecule has 0 amide bonds. The van der Waals surface area contributed by atoms with Gasteiger partial charge in [0.15, 0.2) is 11.5 Å². The highest BCUT2D eigenvalue weighted by Gasteiger charge is 2.09. The third-order valence-electron chi connectivity index (χ3n) is 3.93. The number of hydrogen-bond acceptors (Lipinski definition) is 4. The summed E-state index contributed by atoms with van der Waals surface area (Å²) in [7, 11) is 0. The Morgan fingerprint density at radius 3 is 2.24 bits per heavy atom. The first-order valence-electron chi connectivity index (χ1n) is 8.87. The first-order chi connectivity index (χ1) is 12.0. The molecule has 25 heavy (non-hydrogen) atoms. The molecule has 0 aliphatic rings. The summed E-state index contributed by atoms with van der Waals surface area (Å²) in [5.41, 5.74) is 9.11. The van der Waals surface area contributed by atoms with Crippen LogP contribution in [0.25, 0.3) is 0 Å². The number of hydrogen-bond donors (Lipinski definition) is 1. The lowest BCUT2D eigenvalue weighted by Crippen LogP contribution is -2.11. The van der Waals surface area contributed by atoms with Crippen molar-refractivity contribution in [1.82, 2.24) is 0 Å². The van der Waals surface area contributed by atoms with Crippen molar-refractivity contribution in [3.8, 4) is 17.2 Å². The highest BCUT2D eigenvalue weighted by molar-refractivity contribution is 5.43. The molecule has 0 atom stereocenters. The van der Waals surface area contributed by atoms with E-state index in [1.807, 2.05) is 25.1 Å². The van der Waals surface area contributed by atoms with Gasteiger partial charge in [0.1, 0.15) is 19.0 Å². The number of rotatable bonds is 9. The molecule has 0 unspecified atom stereocenters. The summed E-state index contributed by atoms with van der Waals surface area (Å²) in [6, 6.07) is 12.1. The van der Waals surface area contributed by atoms with Crippen molar-refractivity contribution < 1.29 is 14.2 Å². The number of nitrogens with two attached hydrogens (primary N) is 1. The Morgan fingerprint density at radius 1 is 0.880 bits per heavy atom. The van der Waals surface area contributed by atoms with Gasteiger partial charge in [0.05, 0.1) is 6.61 Å². The van der Waals surface area contributed by atoms with Gasteiger partial charge in [0, 0.05) is 6.54 Å². The number of aryl methyl sites for hydroxylation is 1. The predicted octanol–water partition coefficient (Wildman–Crippen LogP) is 4.43. The van der Waals surface area contributed by atoms with Crippen LogP contribution in [0.5, 0.6) is 17.2 Å². The molecular formula is C21H29NO3. The van der Waals surface area contributed by atoms with Crippen LogP contribution in [0.15, 0.2) is 36.4 Å². The lowest BCUT2D eigenvalue weighted by Gasteiger charge is -2.16. The van der Waals surface area contributed by atoms with E-state index in [0.29, 0.717) is 32.3 Å². The van der Waals surface area contributed by atoms with Crippen LogP contribution in [0.4, 0.5) is 0 Å². The lowest BCUT2D eigenvalue weighted by molar-refractivity contribution is 0.207. The van der Waals surface area contributed by atoms with Crippen molar-refractivity contribution in [2.24, 2.45) is 5.73 Å². The van der Waals surface area contributed by atoms with E-state index < -0.39 is 0 Å². The van der Waals surface area contributed by atoms with Gasteiger partial charge in [-0.2, -0.15) is 0 Å². The molecule has 2 N–H and O–H groups in total. The second kappa shape index (κ2) is 9.33. The van der Waals surface area contributed by atoms with Crippen LogP contribution >= 0.6 is 0 Å². The fraction of sp³-hybridized carbons (Fsp3) is 0.429. The molecule has 0 saturated carbocycles. The normalized spacial score (nSPS) is 10.8. The van der Waals surface area contributed by atoms with Crippen molar-refractivity contribution in [2.45, 2.75) is 40.2 Å². The Bertz CT molecular complexity index is 683. The molecule has 0 aromatic heterocycles. The average molecular weight is 343 g/mol. The second-order valence-corrected chi connectivity index (χ2v) is 6.31. The van der Waals surface area contributed by atoms with Gasteiger partial charge in [-0.25, -0.2) is 0 Å². The van der Waals surface area contributed by atoms with Crippen molar-refractivity contribution >= 4 is 0 Å². The third kappa shape index (κ3) is 5.40. The summed E-state index contributed by atoms with van der Waals surface area (Å²) in [5.74, 6) is 2.80. The molecule has 0 fully saturated rings. The van der Waals surface area contributed by atoms with E-state index in [9.17, 15) is 0 Å². The van der Waals surface area contributed by atoms with E-state index in [1.165, 1.54) is 11.1 Å². The molecule has 0 bridgehead atoms. The minimum Gasteiger partial charge on any atom is -0.490 e. The summed E-state index contributed by atoms with van der Waals surface area (Å²) in [6.07, 6.45) is 0. The maximum absolute atomic E-state index is 5.96. The average Bonchev–Trinajstić information content (AvgIpc) is 2.59. The molecular weight excluding hydrogens is 314 g/mol. The Hall–Kier alpha value is -2.20. The van der Waals surface area contributed by atoms with E-state index in [2.05, 4.69) is 39.0 Å². The first-order valence-corrected chi connectivity index (χ1v) is 8.87. The zero-order valence-electron chi connectivity index (χ0n) is 15.7. The van der Waals surface area contributed by atoms with E-state index in [4.69, 9.17) is 19.9 Å². The molecule has 2 aromatic carbocycles. The van der Waals surface area contributed by atoms with Crippen molar-refractivity contribution in [1.29, 1.82) is 0 Å². The Morgan fingerprint density at radius 2 is 1.60 bits per heavy atom. The van der Waals surface area contributed by atoms with Crippen molar-refractivity contribution in [3.05, 3.63) is 53.1 Å². The van der Waals surface area contributed by atoms with Crippen LogP contribution in [-0.2, 0) is 6.54 Å². The Labute approximate surface area is 150 Å². The molecule has 136 valence electrons. The molecule has 0 radical (unpaired) electrons. The zero-order valence-corrected chi connectivity index (χ0v) is 15.7. The maximum atomic E-state index is 5.96. The quantitative estimate of drug-likeness (QED) is 0.684. The van der Waals surface area contributed by atoms with Gasteiger partial charge in [-0.1, -0.05) is 32.0 Å². The standard InChI is InChI=1S/C21H29NO3/c1-5-23-21-13-17(14-22)7-9-19(21)24-10-11-25-20-12-16(4)6-8-18(20)15(2)3/h6-9,12-13,15H,5,10-11,14,22H2,1-4H3. The van der Waals surface area contributed by atoms with Crippen LogP contribution in [0.3, 0.4) is 0 Å². The summed E-state index contributed by atoms with van der Waals surface area (Å²) >= 11 is 0. The van der Waals surface area contributed by atoms with E-state index in [1.54, 1.807) is 0 Å². The van der Waals surface area contributed by atoms with E-state index in [0.717, 1.165) is 22.8 Å². The van der Waals surface area contributed by atoms with Gasteiger partial charge in [0.25, 0.3) is 0 Å². The second-order valence-electron chi connectivity index (χ2n) is 6.31. The molecule has 0 aliphatic heterocycles. The topological polar surface area (TPSA) is 53.7 Å². The molecule has 0 aliphatic carbocycles. The minimum absolute atomic E-state index is 0.421. The highest BCUT2D eigenvalue weighted by atomic mass is 16.5. The summed E-state index contributed by atoms with van der Waals surface area (Å²) in [5, 5.41) is 0. The fourth-order valence-electron chi connectivity index (χ4n) is 2.61. The molecule has 2 rings (SSSR count). The van der Waals surface area contributed by atoms with E-state index in [-0.39, 0.29) is 0 Å². The van der Waals surface area contributed by atoms with Gasteiger partial charge >= 0.3 is 0 Å². The highest BCUT2D eigenvalue weighted by Crippen LogP contribution is 2.29. The largest absolute Gasteiger partial charge is 0.490 e. The van der Waals surface area contributed by atoms with Gasteiger partial charge in [-0.15, -0.1) is 0 Å². The summed E-state index contributed by atoms with van der Waals surface area (Å²) < 4.78 is 17.5.